The fourth-order valence-corrected chi connectivity index (χ4v) is 1.84. The highest BCUT2D eigenvalue weighted by molar-refractivity contribution is 5.44. The molecular formula is C22H36N2O3. The molecule has 2 aromatic carbocycles. The molecule has 0 fully saturated rings. The van der Waals surface area contributed by atoms with Crippen molar-refractivity contribution < 1.29 is 14.2 Å². The average molecular weight is 377 g/mol. The lowest BCUT2D eigenvalue weighted by molar-refractivity contribution is 0.0385. The summed E-state index contributed by atoms with van der Waals surface area (Å²) < 4.78 is 14.6. The summed E-state index contributed by atoms with van der Waals surface area (Å²) in [7, 11) is 11.5. The van der Waals surface area contributed by atoms with Gasteiger partial charge in [-0.25, -0.2) is 0 Å². The number of ether oxygens (including phenoxy) is 3. The van der Waals surface area contributed by atoms with E-state index in [2.05, 4.69) is 34.1 Å². The first-order chi connectivity index (χ1) is 13.0. The van der Waals surface area contributed by atoms with E-state index in [0.717, 1.165) is 0 Å². The lowest BCUT2D eigenvalue weighted by Crippen LogP contribution is -2.07. The summed E-state index contributed by atoms with van der Waals surface area (Å²) in [6.45, 7) is 2.62. The van der Waals surface area contributed by atoms with Gasteiger partial charge in [-0.3, -0.25) is 0 Å². The Morgan fingerprint density at radius 3 is 1.11 bits per heavy atom. The molecule has 0 atom stereocenters. The van der Waals surface area contributed by atoms with Gasteiger partial charge in [0.15, 0.2) is 0 Å². The van der Waals surface area contributed by atoms with Crippen LogP contribution < -0.4 is 9.80 Å². The molecule has 0 aliphatic heterocycles. The second-order valence-electron chi connectivity index (χ2n) is 6.06. The van der Waals surface area contributed by atoms with Crippen molar-refractivity contribution in [1.29, 1.82) is 0 Å². The summed E-state index contributed by atoms with van der Waals surface area (Å²) in [5, 5.41) is 0. The van der Waals surface area contributed by atoms with Crippen LogP contribution in [0.25, 0.3) is 0 Å². The van der Waals surface area contributed by atoms with Crippen LogP contribution in [-0.2, 0) is 14.2 Å². The molecule has 0 aliphatic carbocycles. The second-order valence-corrected chi connectivity index (χ2v) is 6.06. The van der Waals surface area contributed by atoms with Gasteiger partial charge in [-0.1, -0.05) is 36.4 Å². The molecule has 2 aromatic rings. The van der Waals surface area contributed by atoms with E-state index in [4.69, 9.17) is 14.2 Å². The van der Waals surface area contributed by atoms with E-state index in [0.29, 0.717) is 26.4 Å². The molecule has 0 aromatic heterocycles. The third-order valence-electron chi connectivity index (χ3n) is 3.41. The average Bonchev–Trinajstić information content (AvgIpc) is 2.70. The molecule has 0 saturated carbocycles. The van der Waals surface area contributed by atoms with Crippen molar-refractivity contribution in [2.75, 3.05) is 78.6 Å². The van der Waals surface area contributed by atoms with Gasteiger partial charge < -0.3 is 24.0 Å². The maximum Gasteiger partial charge on any atom is 0.0701 e. The van der Waals surface area contributed by atoms with E-state index < -0.39 is 0 Å². The van der Waals surface area contributed by atoms with Gasteiger partial charge in [0.05, 0.1) is 26.4 Å². The minimum atomic E-state index is 0.653. The van der Waals surface area contributed by atoms with Crippen LogP contribution in [0.1, 0.15) is 0 Å². The van der Waals surface area contributed by atoms with Gasteiger partial charge in [0.1, 0.15) is 0 Å². The van der Waals surface area contributed by atoms with Gasteiger partial charge in [-0.15, -0.1) is 0 Å². The summed E-state index contributed by atoms with van der Waals surface area (Å²) in [5.41, 5.74) is 2.50. The molecule has 0 aliphatic rings. The van der Waals surface area contributed by atoms with Gasteiger partial charge >= 0.3 is 0 Å². The smallest absolute Gasteiger partial charge is 0.0701 e. The van der Waals surface area contributed by atoms with Crippen LogP contribution in [0, 0.1) is 0 Å². The number of nitrogens with zero attached hydrogens (tertiary/aromatic N) is 2. The second kappa shape index (κ2) is 17.3. The highest BCUT2D eigenvalue weighted by Gasteiger charge is 1.88. The van der Waals surface area contributed by atoms with Crippen molar-refractivity contribution in [3.8, 4) is 0 Å². The molecule has 152 valence electrons. The summed E-state index contributed by atoms with van der Waals surface area (Å²) in [6.07, 6.45) is 0. The molecule has 5 heteroatoms. The van der Waals surface area contributed by atoms with Gasteiger partial charge in [0.2, 0.25) is 0 Å². The Labute approximate surface area is 165 Å². The van der Waals surface area contributed by atoms with Crippen molar-refractivity contribution in [2.45, 2.75) is 0 Å². The zero-order valence-corrected chi connectivity index (χ0v) is 17.7. The SMILES string of the molecule is CN(C)c1ccccc1.CN(C)c1ccccc1.COCCOCCOC. The number of benzene rings is 2. The zero-order valence-electron chi connectivity index (χ0n) is 17.7. The topological polar surface area (TPSA) is 34.2 Å². The first-order valence-electron chi connectivity index (χ1n) is 9.03. The Morgan fingerprint density at radius 1 is 0.556 bits per heavy atom. The molecule has 0 amide bonds. The predicted molar refractivity (Wildman–Crippen MR) is 116 cm³/mol. The molecule has 5 nitrogen and oxygen atoms in total. The summed E-state index contributed by atoms with van der Waals surface area (Å²) in [5.74, 6) is 0. The van der Waals surface area contributed by atoms with Crippen molar-refractivity contribution in [2.24, 2.45) is 0 Å². The molecule has 0 saturated heterocycles. The minimum absolute atomic E-state index is 0.653. The normalized spacial score (nSPS) is 9.41. The van der Waals surface area contributed by atoms with Gasteiger partial charge in [-0.2, -0.15) is 0 Å². The van der Waals surface area contributed by atoms with E-state index in [1.807, 2.05) is 64.6 Å². The summed E-state index contributed by atoms with van der Waals surface area (Å²) in [4.78, 5) is 4.17. The van der Waals surface area contributed by atoms with Crippen LogP contribution in [0.5, 0.6) is 0 Å². The molecular weight excluding hydrogens is 340 g/mol. The van der Waals surface area contributed by atoms with Crippen LogP contribution in [0.15, 0.2) is 60.7 Å². The summed E-state index contributed by atoms with van der Waals surface area (Å²) in [6, 6.07) is 20.5. The molecule has 27 heavy (non-hydrogen) atoms. The number of methoxy groups -OCH3 is 2. The maximum absolute atomic E-state index is 5.06. The number of hydrogen-bond acceptors (Lipinski definition) is 5. The first kappa shape index (κ1) is 24.9. The Morgan fingerprint density at radius 2 is 0.889 bits per heavy atom. The van der Waals surface area contributed by atoms with Crippen molar-refractivity contribution >= 4 is 11.4 Å². The van der Waals surface area contributed by atoms with Gasteiger partial charge in [-0.05, 0) is 24.3 Å². The minimum Gasteiger partial charge on any atom is -0.382 e. The quantitative estimate of drug-likeness (QED) is 0.655. The van der Waals surface area contributed by atoms with Crippen molar-refractivity contribution in [1.82, 2.24) is 0 Å². The third kappa shape index (κ3) is 14.7. The highest BCUT2D eigenvalue weighted by Crippen LogP contribution is 2.08. The van der Waals surface area contributed by atoms with Crippen LogP contribution in [0.3, 0.4) is 0 Å². The number of rotatable bonds is 8. The monoisotopic (exact) mass is 376 g/mol. The van der Waals surface area contributed by atoms with E-state index in [1.165, 1.54) is 11.4 Å². The molecule has 0 heterocycles. The Balaban J connectivity index is 0.000000376. The summed E-state index contributed by atoms with van der Waals surface area (Å²) >= 11 is 0. The highest BCUT2D eigenvalue weighted by atomic mass is 16.5. The van der Waals surface area contributed by atoms with Crippen LogP contribution >= 0.6 is 0 Å². The first-order valence-corrected chi connectivity index (χ1v) is 9.03. The van der Waals surface area contributed by atoms with Gasteiger partial charge in [0, 0.05) is 53.8 Å². The fourth-order valence-electron chi connectivity index (χ4n) is 1.84. The number of hydrogen-bond donors (Lipinski definition) is 0. The van der Waals surface area contributed by atoms with E-state index in [-0.39, 0.29) is 0 Å². The largest absolute Gasteiger partial charge is 0.382 e. The van der Waals surface area contributed by atoms with Crippen LogP contribution in [-0.4, -0.2) is 68.8 Å². The van der Waals surface area contributed by atoms with Crippen LogP contribution in [0.2, 0.25) is 0 Å². The molecule has 0 bridgehead atoms. The van der Waals surface area contributed by atoms with E-state index >= 15 is 0 Å². The maximum atomic E-state index is 5.06. The fraction of sp³-hybridized carbons (Fsp3) is 0.455. The van der Waals surface area contributed by atoms with Crippen molar-refractivity contribution in [3.63, 3.8) is 0 Å². The number of anilines is 2. The lowest BCUT2D eigenvalue weighted by atomic mass is 10.3. The molecule has 0 N–H and O–H groups in total. The van der Waals surface area contributed by atoms with Crippen LogP contribution in [0.4, 0.5) is 11.4 Å². The third-order valence-corrected chi connectivity index (χ3v) is 3.41. The Hall–Kier alpha value is -2.08. The molecule has 0 radical (unpaired) electrons. The molecule has 0 spiro atoms. The standard InChI is InChI=1S/2C8H11N.C6H14O3/c2*1-9(2)8-6-4-3-5-7-8;1-7-3-5-9-6-4-8-2/h2*3-7H,1-2H3;3-6H2,1-2H3. The Kier molecular flexibility index (Phi) is 16.0. The predicted octanol–water partition coefficient (Wildman–Crippen LogP) is 3.80. The lowest BCUT2D eigenvalue weighted by Gasteiger charge is -2.10. The zero-order chi connectivity index (χ0) is 20.3. The number of para-hydroxylation sites is 2. The molecule has 0 unspecified atom stereocenters. The van der Waals surface area contributed by atoms with Gasteiger partial charge in [0.25, 0.3) is 0 Å². The Bertz CT molecular complexity index is 484. The van der Waals surface area contributed by atoms with E-state index in [9.17, 15) is 0 Å². The van der Waals surface area contributed by atoms with Crippen molar-refractivity contribution in [3.05, 3.63) is 60.7 Å². The van der Waals surface area contributed by atoms with E-state index in [1.54, 1.807) is 14.2 Å². The molecule has 2 rings (SSSR count).